The molecule has 0 aliphatic carbocycles. The molecule has 0 unspecified atom stereocenters. The number of piperidine rings is 1. The van der Waals surface area contributed by atoms with Crippen molar-refractivity contribution in [3.63, 3.8) is 0 Å². The van der Waals surface area contributed by atoms with Gasteiger partial charge in [0, 0.05) is 57.6 Å². The van der Waals surface area contributed by atoms with Gasteiger partial charge in [-0.1, -0.05) is 6.07 Å². The Labute approximate surface area is 154 Å². The molecule has 5 heterocycles. The summed E-state index contributed by atoms with van der Waals surface area (Å²) in [4.78, 5) is 25.6. The lowest BCUT2D eigenvalue weighted by atomic mass is 9.94. The third-order valence-corrected chi connectivity index (χ3v) is 5.48. The molecule has 138 valence electrons. The van der Waals surface area contributed by atoms with Gasteiger partial charge in [-0.05, 0) is 36.8 Å². The second kappa shape index (κ2) is 7.95. The van der Waals surface area contributed by atoms with Crippen LogP contribution < -0.4 is 0 Å². The quantitative estimate of drug-likeness (QED) is 0.788. The van der Waals surface area contributed by atoms with E-state index in [2.05, 4.69) is 30.9 Å². The Kier molecular flexibility index (Phi) is 5.24. The molecule has 5 rings (SSSR count). The van der Waals surface area contributed by atoms with Crippen LogP contribution >= 0.6 is 0 Å². The molecule has 3 aliphatic rings. The second-order valence-corrected chi connectivity index (χ2v) is 7.46. The molecule has 3 saturated heterocycles. The molecule has 3 aliphatic heterocycles. The smallest absolute Gasteiger partial charge is 0.222 e. The maximum atomic E-state index is 12.8. The van der Waals surface area contributed by atoms with Crippen LogP contribution in [0.15, 0.2) is 37.2 Å². The molecular formula is C19H26N6O. The first-order valence-corrected chi connectivity index (χ1v) is 9.51. The Balaban J connectivity index is 1.33. The normalized spacial score (nSPS) is 23.2. The summed E-state index contributed by atoms with van der Waals surface area (Å²) in [5, 5.41) is 4.10. The van der Waals surface area contributed by atoms with Crippen LogP contribution in [0.3, 0.4) is 0 Å². The number of carbonyl (C=O) groups excluding carboxylic acids is 1. The van der Waals surface area contributed by atoms with Crippen molar-refractivity contribution in [1.29, 1.82) is 0 Å². The zero-order chi connectivity index (χ0) is 17.8. The Morgan fingerprint density at radius 2 is 2.15 bits per heavy atom. The standard InChI is InChI=1S/C19H26N6O/c26-19(4-2-8-24-15-21-14-22-24)25-12-17-5-6-18(25)13-23(11-17)10-16-3-1-7-20-9-16/h1,3,7,9,14-15,17-18H,2,4-6,8,10-13H2/t17-,18+/m0/s1. The summed E-state index contributed by atoms with van der Waals surface area (Å²) < 4.78 is 1.79. The molecule has 0 spiro atoms. The number of pyridine rings is 1. The van der Waals surface area contributed by atoms with Gasteiger partial charge in [-0.3, -0.25) is 19.4 Å². The van der Waals surface area contributed by atoms with Crippen molar-refractivity contribution in [2.75, 3.05) is 19.6 Å². The number of aryl methyl sites for hydroxylation is 1. The van der Waals surface area contributed by atoms with E-state index in [1.165, 1.54) is 18.3 Å². The number of amides is 1. The van der Waals surface area contributed by atoms with Gasteiger partial charge >= 0.3 is 0 Å². The van der Waals surface area contributed by atoms with Crippen LogP contribution in [0.4, 0.5) is 0 Å². The molecular weight excluding hydrogens is 328 g/mol. The fourth-order valence-corrected chi connectivity index (χ4v) is 4.25. The predicted octanol–water partition coefficient (Wildman–Crippen LogP) is 1.58. The number of fused-ring (bicyclic) bond motifs is 4. The first-order valence-electron chi connectivity index (χ1n) is 9.51. The summed E-state index contributed by atoms with van der Waals surface area (Å²) in [6.07, 6.45) is 10.8. The molecule has 0 saturated carbocycles. The van der Waals surface area contributed by atoms with Crippen LogP contribution in [0.1, 0.15) is 31.2 Å². The van der Waals surface area contributed by atoms with E-state index in [-0.39, 0.29) is 0 Å². The van der Waals surface area contributed by atoms with Gasteiger partial charge in [-0.25, -0.2) is 4.98 Å². The van der Waals surface area contributed by atoms with Crippen molar-refractivity contribution >= 4 is 5.91 Å². The Morgan fingerprint density at radius 1 is 1.19 bits per heavy atom. The van der Waals surface area contributed by atoms with E-state index in [9.17, 15) is 4.79 Å². The SMILES string of the molecule is O=C(CCCn1cncn1)N1C[C@H]2CC[C@@H]1CN(Cc1cccnc1)C2. The van der Waals surface area contributed by atoms with Gasteiger partial charge in [-0.2, -0.15) is 5.10 Å². The van der Waals surface area contributed by atoms with Crippen LogP contribution in [0, 0.1) is 5.92 Å². The fourth-order valence-electron chi connectivity index (χ4n) is 4.25. The molecule has 2 aromatic heterocycles. The van der Waals surface area contributed by atoms with E-state index in [0.717, 1.165) is 45.6 Å². The average molecular weight is 354 g/mol. The third-order valence-electron chi connectivity index (χ3n) is 5.48. The highest BCUT2D eigenvalue weighted by atomic mass is 16.2. The monoisotopic (exact) mass is 354 g/mol. The average Bonchev–Trinajstić information content (AvgIpc) is 3.02. The predicted molar refractivity (Wildman–Crippen MR) is 97.0 cm³/mol. The van der Waals surface area contributed by atoms with Gasteiger partial charge in [-0.15, -0.1) is 0 Å². The highest BCUT2D eigenvalue weighted by Gasteiger charge is 2.36. The first kappa shape index (κ1) is 17.1. The lowest BCUT2D eigenvalue weighted by Crippen LogP contribution is -2.47. The summed E-state index contributed by atoms with van der Waals surface area (Å²) >= 11 is 0. The van der Waals surface area contributed by atoms with Gasteiger partial charge in [0.05, 0.1) is 0 Å². The zero-order valence-corrected chi connectivity index (χ0v) is 15.1. The number of rotatable bonds is 6. The molecule has 3 fully saturated rings. The van der Waals surface area contributed by atoms with Gasteiger partial charge < -0.3 is 4.90 Å². The second-order valence-electron chi connectivity index (χ2n) is 7.46. The summed E-state index contributed by atoms with van der Waals surface area (Å²) in [7, 11) is 0. The number of hydrogen-bond donors (Lipinski definition) is 0. The molecule has 0 radical (unpaired) electrons. The number of carbonyl (C=O) groups is 1. The first-order chi connectivity index (χ1) is 12.8. The minimum Gasteiger partial charge on any atom is -0.338 e. The van der Waals surface area contributed by atoms with Crippen molar-refractivity contribution in [1.82, 2.24) is 29.5 Å². The van der Waals surface area contributed by atoms with Crippen molar-refractivity contribution in [2.45, 2.75) is 44.8 Å². The number of nitrogens with zero attached hydrogens (tertiary/aromatic N) is 6. The minimum absolute atomic E-state index is 0.294. The lowest BCUT2D eigenvalue weighted by Gasteiger charge is -2.36. The van der Waals surface area contributed by atoms with Crippen molar-refractivity contribution in [3.8, 4) is 0 Å². The van der Waals surface area contributed by atoms with Gasteiger partial charge in [0.2, 0.25) is 5.91 Å². The number of hydrogen-bond acceptors (Lipinski definition) is 5. The minimum atomic E-state index is 0.294. The molecule has 7 nitrogen and oxygen atoms in total. The van der Waals surface area contributed by atoms with E-state index in [4.69, 9.17) is 0 Å². The molecule has 0 aromatic carbocycles. The Bertz CT molecular complexity index is 704. The van der Waals surface area contributed by atoms with E-state index in [0.29, 0.717) is 24.3 Å². The van der Waals surface area contributed by atoms with Crippen LogP contribution in [-0.2, 0) is 17.9 Å². The van der Waals surface area contributed by atoms with Crippen LogP contribution in [0.5, 0.6) is 0 Å². The topological polar surface area (TPSA) is 67.2 Å². The summed E-state index contributed by atoms with van der Waals surface area (Å²) in [5.41, 5.74) is 1.25. The Hall–Kier alpha value is -2.28. The molecule has 1 amide bonds. The van der Waals surface area contributed by atoms with Gasteiger partial charge in [0.15, 0.2) is 0 Å². The largest absolute Gasteiger partial charge is 0.338 e. The van der Waals surface area contributed by atoms with E-state index >= 15 is 0 Å². The van der Waals surface area contributed by atoms with Gasteiger partial charge in [0.25, 0.3) is 0 Å². The fraction of sp³-hybridized carbons (Fsp3) is 0.579. The summed E-state index contributed by atoms with van der Waals surface area (Å²) in [6, 6.07) is 4.48. The molecule has 2 bridgehead atoms. The van der Waals surface area contributed by atoms with Gasteiger partial charge in [0.1, 0.15) is 12.7 Å². The van der Waals surface area contributed by atoms with E-state index in [1.54, 1.807) is 11.0 Å². The molecule has 7 heteroatoms. The highest BCUT2D eigenvalue weighted by Crippen LogP contribution is 2.29. The number of aromatic nitrogens is 4. The molecule has 2 atom stereocenters. The lowest BCUT2D eigenvalue weighted by molar-refractivity contribution is -0.135. The molecule has 2 aromatic rings. The molecule has 0 N–H and O–H groups in total. The van der Waals surface area contributed by atoms with Crippen molar-refractivity contribution < 1.29 is 4.79 Å². The molecule has 26 heavy (non-hydrogen) atoms. The maximum Gasteiger partial charge on any atom is 0.222 e. The van der Waals surface area contributed by atoms with Crippen molar-refractivity contribution in [2.24, 2.45) is 5.92 Å². The van der Waals surface area contributed by atoms with Crippen molar-refractivity contribution in [3.05, 3.63) is 42.7 Å². The summed E-state index contributed by atoms with van der Waals surface area (Å²) in [5.74, 6) is 0.882. The highest BCUT2D eigenvalue weighted by molar-refractivity contribution is 5.76. The van der Waals surface area contributed by atoms with Crippen LogP contribution in [-0.4, -0.2) is 61.1 Å². The van der Waals surface area contributed by atoms with E-state index in [1.807, 2.05) is 18.5 Å². The Morgan fingerprint density at radius 3 is 2.96 bits per heavy atom. The van der Waals surface area contributed by atoms with Crippen LogP contribution in [0.2, 0.25) is 0 Å². The summed E-state index contributed by atoms with van der Waals surface area (Å²) in [6.45, 7) is 4.64. The third kappa shape index (κ3) is 4.09. The zero-order valence-electron chi connectivity index (χ0n) is 15.1. The van der Waals surface area contributed by atoms with Crippen LogP contribution in [0.25, 0.3) is 0 Å². The maximum absolute atomic E-state index is 12.8. The van der Waals surface area contributed by atoms with E-state index < -0.39 is 0 Å².